The summed E-state index contributed by atoms with van der Waals surface area (Å²) in [7, 11) is 0. The number of ether oxygens (including phenoxy) is 1. The van der Waals surface area contributed by atoms with Crippen molar-refractivity contribution in [1.82, 2.24) is 15.1 Å². The zero-order chi connectivity index (χ0) is 15.3. The second-order valence-corrected chi connectivity index (χ2v) is 5.49. The molecule has 122 valence electrons. The maximum atomic E-state index is 12.8. The maximum Gasteiger partial charge on any atom is 0.401 e. The number of rotatable bonds is 4. The Kier molecular flexibility index (Phi) is 5.83. The maximum absolute atomic E-state index is 12.8. The molecule has 2 heterocycles. The first-order chi connectivity index (χ1) is 9.96. The van der Waals surface area contributed by atoms with E-state index in [0.29, 0.717) is 52.2 Å². The van der Waals surface area contributed by atoms with Crippen molar-refractivity contribution in [1.29, 1.82) is 0 Å². The Morgan fingerprint density at radius 3 is 2.43 bits per heavy atom. The number of nitrogens with zero attached hydrogens (tertiary/aromatic N) is 2. The summed E-state index contributed by atoms with van der Waals surface area (Å²) >= 11 is 0. The lowest BCUT2D eigenvalue weighted by Gasteiger charge is -2.36. The number of halogens is 3. The molecule has 0 aromatic carbocycles. The van der Waals surface area contributed by atoms with Crippen molar-refractivity contribution in [2.45, 2.75) is 25.1 Å². The lowest BCUT2D eigenvalue weighted by Crippen LogP contribution is -2.52. The van der Waals surface area contributed by atoms with E-state index in [1.54, 1.807) is 4.90 Å². The van der Waals surface area contributed by atoms with Crippen LogP contribution in [0.4, 0.5) is 13.2 Å². The molecule has 8 heteroatoms. The van der Waals surface area contributed by atoms with Crippen LogP contribution in [0.1, 0.15) is 12.8 Å². The van der Waals surface area contributed by atoms with Gasteiger partial charge >= 0.3 is 6.18 Å². The van der Waals surface area contributed by atoms with Gasteiger partial charge in [-0.2, -0.15) is 13.2 Å². The molecule has 0 atom stereocenters. The van der Waals surface area contributed by atoms with E-state index in [4.69, 9.17) is 4.74 Å². The van der Waals surface area contributed by atoms with Gasteiger partial charge in [-0.3, -0.25) is 9.69 Å². The smallest absolute Gasteiger partial charge is 0.378 e. The van der Waals surface area contributed by atoms with E-state index in [0.717, 1.165) is 0 Å². The monoisotopic (exact) mass is 309 g/mol. The van der Waals surface area contributed by atoms with Gasteiger partial charge in [0.1, 0.15) is 0 Å². The van der Waals surface area contributed by atoms with Crippen LogP contribution in [0.2, 0.25) is 0 Å². The van der Waals surface area contributed by atoms with Crippen molar-refractivity contribution in [3.63, 3.8) is 0 Å². The van der Waals surface area contributed by atoms with Crippen LogP contribution in [0.15, 0.2) is 0 Å². The molecular formula is C13H22F3N3O2. The number of morpholine rings is 1. The SMILES string of the molecule is O=C(CN(CC(F)(F)F)C1CCNCC1)N1CCOCC1. The number of carbonyl (C=O) groups excluding carboxylic acids is 1. The third-order valence-corrected chi connectivity index (χ3v) is 3.91. The molecule has 0 aromatic rings. The molecular weight excluding hydrogens is 287 g/mol. The Morgan fingerprint density at radius 2 is 1.86 bits per heavy atom. The Hall–Kier alpha value is -0.860. The predicted octanol–water partition coefficient (Wildman–Crippen LogP) is 0.462. The van der Waals surface area contributed by atoms with Crippen LogP contribution < -0.4 is 5.32 Å². The molecule has 0 bridgehead atoms. The normalized spacial score (nSPS) is 21.8. The highest BCUT2D eigenvalue weighted by Gasteiger charge is 2.35. The minimum absolute atomic E-state index is 0.163. The Labute approximate surface area is 122 Å². The molecule has 0 aromatic heterocycles. The summed E-state index contributed by atoms with van der Waals surface area (Å²) in [6.07, 6.45) is -2.99. The lowest BCUT2D eigenvalue weighted by atomic mass is 10.0. The number of carbonyl (C=O) groups is 1. The first-order valence-corrected chi connectivity index (χ1v) is 7.33. The van der Waals surface area contributed by atoms with Gasteiger partial charge in [0.05, 0.1) is 26.3 Å². The summed E-state index contributed by atoms with van der Waals surface area (Å²) in [5, 5.41) is 3.13. The summed E-state index contributed by atoms with van der Waals surface area (Å²) < 4.78 is 43.4. The fourth-order valence-corrected chi connectivity index (χ4v) is 2.80. The van der Waals surface area contributed by atoms with Crippen LogP contribution in [-0.4, -0.2) is 80.4 Å². The highest BCUT2D eigenvalue weighted by Crippen LogP contribution is 2.21. The van der Waals surface area contributed by atoms with Crippen LogP contribution in [-0.2, 0) is 9.53 Å². The molecule has 2 fully saturated rings. The standard InChI is InChI=1S/C13H22F3N3O2/c14-13(15,16)10-19(11-1-3-17-4-2-11)9-12(20)18-5-7-21-8-6-18/h11,17H,1-10H2. The van der Waals surface area contributed by atoms with Gasteiger partial charge in [0.15, 0.2) is 0 Å². The highest BCUT2D eigenvalue weighted by atomic mass is 19.4. The minimum atomic E-state index is -4.28. The Balaban J connectivity index is 1.95. The molecule has 0 aliphatic carbocycles. The van der Waals surface area contributed by atoms with Crippen LogP contribution in [0.3, 0.4) is 0 Å². The molecule has 0 saturated carbocycles. The number of hydrogen-bond donors (Lipinski definition) is 1. The van der Waals surface area contributed by atoms with E-state index >= 15 is 0 Å². The van der Waals surface area contributed by atoms with E-state index in [-0.39, 0.29) is 18.5 Å². The molecule has 21 heavy (non-hydrogen) atoms. The largest absolute Gasteiger partial charge is 0.401 e. The zero-order valence-electron chi connectivity index (χ0n) is 12.0. The van der Waals surface area contributed by atoms with Gasteiger partial charge in [0.25, 0.3) is 0 Å². The fraction of sp³-hybridized carbons (Fsp3) is 0.923. The van der Waals surface area contributed by atoms with Crippen LogP contribution >= 0.6 is 0 Å². The van der Waals surface area contributed by atoms with E-state index in [1.807, 2.05) is 0 Å². The van der Waals surface area contributed by atoms with Crippen molar-refractivity contribution in [3.8, 4) is 0 Å². The average molecular weight is 309 g/mol. The van der Waals surface area contributed by atoms with Crippen molar-refractivity contribution in [2.24, 2.45) is 0 Å². The molecule has 2 aliphatic heterocycles. The van der Waals surface area contributed by atoms with Crippen molar-refractivity contribution in [3.05, 3.63) is 0 Å². The third-order valence-electron chi connectivity index (χ3n) is 3.91. The average Bonchev–Trinajstić information content (AvgIpc) is 2.47. The fourth-order valence-electron chi connectivity index (χ4n) is 2.80. The van der Waals surface area contributed by atoms with E-state index < -0.39 is 12.7 Å². The molecule has 1 amide bonds. The second-order valence-electron chi connectivity index (χ2n) is 5.49. The topological polar surface area (TPSA) is 44.8 Å². The Morgan fingerprint density at radius 1 is 1.24 bits per heavy atom. The number of alkyl halides is 3. The van der Waals surface area contributed by atoms with Gasteiger partial charge in [-0.1, -0.05) is 0 Å². The number of hydrogen-bond acceptors (Lipinski definition) is 4. The van der Waals surface area contributed by atoms with Crippen LogP contribution in [0, 0.1) is 0 Å². The summed E-state index contributed by atoms with van der Waals surface area (Å²) in [5.74, 6) is -0.235. The highest BCUT2D eigenvalue weighted by molar-refractivity contribution is 5.78. The quantitative estimate of drug-likeness (QED) is 0.819. The van der Waals surface area contributed by atoms with Gasteiger partial charge in [-0.25, -0.2) is 0 Å². The van der Waals surface area contributed by atoms with Crippen LogP contribution in [0.5, 0.6) is 0 Å². The zero-order valence-corrected chi connectivity index (χ0v) is 12.0. The van der Waals surface area contributed by atoms with E-state index in [9.17, 15) is 18.0 Å². The molecule has 2 rings (SSSR count). The van der Waals surface area contributed by atoms with Gasteiger partial charge in [0, 0.05) is 19.1 Å². The summed E-state index contributed by atoms with van der Waals surface area (Å²) in [6, 6.07) is -0.183. The molecule has 5 nitrogen and oxygen atoms in total. The molecule has 2 aliphatic rings. The van der Waals surface area contributed by atoms with Crippen molar-refractivity contribution in [2.75, 3.05) is 52.5 Å². The predicted molar refractivity (Wildman–Crippen MR) is 70.9 cm³/mol. The van der Waals surface area contributed by atoms with Gasteiger partial charge in [-0.05, 0) is 25.9 Å². The first-order valence-electron chi connectivity index (χ1n) is 7.33. The van der Waals surface area contributed by atoms with E-state index in [2.05, 4.69) is 5.32 Å². The number of piperidine rings is 1. The molecule has 0 unspecified atom stereocenters. The van der Waals surface area contributed by atoms with Gasteiger partial charge < -0.3 is 15.0 Å². The lowest BCUT2D eigenvalue weighted by molar-refractivity contribution is -0.158. The molecule has 0 radical (unpaired) electrons. The summed E-state index contributed by atoms with van der Waals surface area (Å²) in [4.78, 5) is 15.1. The second kappa shape index (κ2) is 7.42. The molecule has 1 N–H and O–H groups in total. The van der Waals surface area contributed by atoms with Crippen molar-refractivity contribution < 1.29 is 22.7 Å². The number of nitrogens with one attached hydrogen (secondary N) is 1. The van der Waals surface area contributed by atoms with Crippen LogP contribution in [0.25, 0.3) is 0 Å². The summed E-state index contributed by atoms with van der Waals surface area (Å²) in [6.45, 7) is 2.06. The first kappa shape index (κ1) is 16.5. The van der Waals surface area contributed by atoms with Gasteiger partial charge in [0.2, 0.25) is 5.91 Å². The van der Waals surface area contributed by atoms with E-state index in [1.165, 1.54) is 4.90 Å². The Bertz CT molecular complexity index is 340. The molecule has 2 saturated heterocycles. The minimum Gasteiger partial charge on any atom is -0.378 e. The number of amides is 1. The van der Waals surface area contributed by atoms with Crippen molar-refractivity contribution >= 4 is 5.91 Å². The molecule has 0 spiro atoms. The summed E-state index contributed by atoms with van der Waals surface area (Å²) in [5.41, 5.74) is 0. The van der Waals surface area contributed by atoms with Gasteiger partial charge in [-0.15, -0.1) is 0 Å². The third kappa shape index (κ3) is 5.44.